The van der Waals surface area contributed by atoms with Gasteiger partial charge in [0.2, 0.25) is 5.91 Å². The van der Waals surface area contributed by atoms with Crippen molar-refractivity contribution in [2.24, 2.45) is 0 Å². The van der Waals surface area contributed by atoms with Gasteiger partial charge in [0, 0.05) is 12.5 Å². The molecule has 0 bridgehead atoms. The summed E-state index contributed by atoms with van der Waals surface area (Å²) in [5, 5.41) is 24.5. The van der Waals surface area contributed by atoms with Gasteiger partial charge in [-0.3, -0.25) is 4.79 Å². The molecule has 0 aliphatic rings. The molecule has 0 saturated heterocycles. The van der Waals surface area contributed by atoms with Crippen LogP contribution in [0.25, 0.3) is 11.1 Å². The lowest BCUT2D eigenvalue weighted by Gasteiger charge is -2.22. The summed E-state index contributed by atoms with van der Waals surface area (Å²) in [5.74, 6) is -0.0386. The van der Waals surface area contributed by atoms with Gasteiger partial charge in [0.15, 0.2) is 0 Å². The summed E-state index contributed by atoms with van der Waals surface area (Å²) in [6, 6.07) is 9.06. The number of rotatable bonds is 7. The maximum Gasteiger partial charge on any atom is 0.217 e. The number of aryl methyl sites for hydroxylation is 2. The van der Waals surface area contributed by atoms with Crippen molar-refractivity contribution in [2.75, 3.05) is 0 Å². The first-order valence-corrected chi connectivity index (χ1v) is 9.27. The maximum absolute atomic E-state index is 11.5. The molecule has 1 unspecified atom stereocenters. The molecule has 2 rings (SSSR count). The summed E-state index contributed by atoms with van der Waals surface area (Å²) >= 11 is 0. The molecule has 0 spiro atoms. The molecule has 0 aliphatic carbocycles. The van der Waals surface area contributed by atoms with Crippen molar-refractivity contribution in [1.29, 1.82) is 0 Å². The molecule has 140 valence electrons. The van der Waals surface area contributed by atoms with Crippen LogP contribution in [0, 0.1) is 6.92 Å². The summed E-state index contributed by atoms with van der Waals surface area (Å²) in [4.78, 5) is 11.5. The monoisotopic (exact) mass is 355 g/mol. The predicted octanol–water partition coefficient (Wildman–Crippen LogP) is 5.00. The van der Waals surface area contributed by atoms with E-state index in [1.54, 1.807) is 6.07 Å². The van der Waals surface area contributed by atoms with Crippen LogP contribution in [-0.4, -0.2) is 16.1 Å². The number of hydrogen-bond donors (Lipinski definition) is 3. The Morgan fingerprint density at radius 2 is 1.92 bits per heavy atom. The first-order chi connectivity index (χ1) is 12.3. The van der Waals surface area contributed by atoms with Gasteiger partial charge in [-0.25, -0.2) is 0 Å². The van der Waals surface area contributed by atoms with Crippen LogP contribution >= 0.6 is 0 Å². The number of aromatic hydroxyl groups is 2. The van der Waals surface area contributed by atoms with Gasteiger partial charge in [-0.05, 0) is 43.9 Å². The van der Waals surface area contributed by atoms with Crippen LogP contribution in [-0.2, 0) is 11.2 Å². The molecule has 2 aromatic rings. The number of unbranched alkanes of at least 4 members (excludes halogenated alkanes) is 2. The number of phenols is 2. The van der Waals surface area contributed by atoms with E-state index < -0.39 is 0 Å². The molecule has 1 atom stereocenters. The molecule has 2 aromatic carbocycles. The predicted molar refractivity (Wildman–Crippen MR) is 105 cm³/mol. The lowest BCUT2D eigenvalue weighted by Crippen LogP contribution is -2.24. The Balaban J connectivity index is 2.59. The van der Waals surface area contributed by atoms with E-state index in [9.17, 15) is 15.0 Å². The normalized spacial score (nSPS) is 12.0. The smallest absolute Gasteiger partial charge is 0.217 e. The second kappa shape index (κ2) is 8.75. The molecule has 4 nitrogen and oxygen atoms in total. The first kappa shape index (κ1) is 19.8. The van der Waals surface area contributed by atoms with Gasteiger partial charge in [-0.2, -0.15) is 0 Å². The van der Waals surface area contributed by atoms with Gasteiger partial charge in [-0.15, -0.1) is 0 Å². The topological polar surface area (TPSA) is 69.6 Å². The third kappa shape index (κ3) is 4.57. The summed E-state index contributed by atoms with van der Waals surface area (Å²) in [6.45, 7) is 7.43. The Labute approximate surface area is 155 Å². The lowest BCUT2D eigenvalue weighted by molar-refractivity contribution is -0.119. The molecule has 0 saturated carbocycles. The van der Waals surface area contributed by atoms with Crippen LogP contribution in [0.3, 0.4) is 0 Å². The van der Waals surface area contributed by atoms with Gasteiger partial charge in [0.1, 0.15) is 11.5 Å². The summed E-state index contributed by atoms with van der Waals surface area (Å²) in [5.41, 5.74) is 3.79. The van der Waals surface area contributed by atoms with Crippen molar-refractivity contribution in [3.05, 3.63) is 47.0 Å². The van der Waals surface area contributed by atoms with E-state index in [1.165, 1.54) is 6.92 Å². The molecular formula is C22H29NO3. The van der Waals surface area contributed by atoms with Crippen molar-refractivity contribution < 1.29 is 15.0 Å². The summed E-state index contributed by atoms with van der Waals surface area (Å²) in [7, 11) is 0. The highest BCUT2D eigenvalue weighted by molar-refractivity contribution is 5.80. The molecular weight excluding hydrogens is 326 g/mol. The van der Waals surface area contributed by atoms with E-state index in [4.69, 9.17) is 0 Å². The number of amides is 1. The second-order valence-electron chi connectivity index (χ2n) is 6.94. The van der Waals surface area contributed by atoms with E-state index in [1.807, 2.05) is 38.1 Å². The van der Waals surface area contributed by atoms with E-state index in [-0.39, 0.29) is 23.4 Å². The average Bonchev–Trinajstić information content (AvgIpc) is 2.54. The van der Waals surface area contributed by atoms with Crippen molar-refractivity contribution in [3.8, 4) is 22.6 Å². The molecule has 0 aliphatic heterocycles. The first-order valence-electron chi connectivity index (χ1n) is 9.27. The van der Waals surface area contributed by atoms with E-state index in [0.717, 1.165) is 42.4 Å². The van der Waals surface area contributed by atoms with Crippen LogP contribution in [0.4, 0.5) is 0 Å². The molecule has 0 fully saturated rings. The quantitative estimate of drug-likeness (QED) is 0.612. The third-order valence-electron chi connectivity index (χ3n) is 4.61. The van der Waals surface area contributed by atoms with Gasteiger partial charge in [0.05, 0.1) is 11.6 Å². The molecule has 26 heavy (non-hydrogen) atoms. The number of hydrogen-bond acceptors (Lipinski definition) is 3. The van der Waals surface area contributed by atoms with Crippen molar-refractivity contribution in [3.63, 3.8) is 0 Å². The van der Waals surface area contributed by atoms with Crippen molar-refractivity contribution in [2.45, 2.75) is 59.4 Å². The SMILES string of the molecule is CCCCCc1cc(O)c(-c2cccc(C)c2)c(O)c1C(C)NC(C)=O. The van der Waals surface area contributed by atoms with Gasteiger partial charge >= 0.3 is 0 Å². The molecule has 0 radical (unpaired) electrons. The van der Waals surface area contributed by atoms with Crippen LogP contribution in [0.5, 0.6) is 11.5 Å². The highest BCUT2D eigenvalue weighted by Crippen LogP contribution is 2.44. The Bertz CT molecular complexity index is 783. The minimum Gasteiger partial charge on any atom is -0.507 e. The van der Waals surface area contributed by atoms with Crippen LogP contribution in [0.15, 0.2) is 30.3 Å². The highest BCUT2D eigenvalue weighted by atomic mass is 16.3. The van der Waals surface area contributed by atoms with E-state index in [2.05, 4.69) is 12.2 Å². The average molecular weight is 355 g/mol. The fourth-order valence-corrected chi connectivity index (χ4v) is 3.44. The van der Waals surface area contributed by atoms with Crippen LogP contribution in [0.2, 0.25) is 0 Å². The number of phenolic OH excluding ortho intramolecular Hbond substituents is 2. The largest absolute Gasteiger partial charge is 0.507 e. The molecule has 0 aromatic heterocycles. The Morgan fingerprint density at radius 1 is 1.19 bits per heavy atom. The number of carbonyl (C=O) groups excluding carboxylic acids is 1. The standard InChI is InChI=1S/C22H29NO3/c1-5-6-7-10-18-13-19(25)21(17-11-8-9-14(2)12-17)22(26)20(18)15(3)23-16(4)24/h8-9,11-13,15,25-26H,5-7,10H2,1-4H3,(H,23,24). The Morgan fingerprint density at radius 3 is 2.54 bits per heavy atom. The zero-order valence-corrected chi connectivity index (χ0v) is 16.1. The second-order valence-corrected chi connectivity index (χ2v) is 6.94. The zero-order valence-electron chi connectivity index (χ0n) is 16.1. The molecule has 1 amide bonds. The fourth-order valence-electron chi connectivity index (χ4n) is 3.44. The van der Waals surface area contributed by atoms with Gasteiger partial charge < -0.3 is 15.5 Å². The summed E-state index contributed by atoms with van der Waals surface area (Å²) in [6.07, 6.45) is 3.90. The molecule has 4 heteroatoms. The van der Waals surface area contributed by atoms with Gasteiger partial charge in [0.25, 0.3) is 0 Å². The minimum absolute atomic E-state index is 0.0448. The Kier molecular flexibility index (Phi) is 6.67. The minimum atomic E-state index is -0.340. The highest BCUT2D eigenvalue weighted by Gasteiger charge is 2.23. The maximum atomic E-state index is 11.5. The van der Waals surface area contributed by atoms with E-state index in [0.29, 0.717) is 11.1 Å². The number of benzene rings is 2. The van der Waals surface area contributed by atoms with Crippen LogP contribution < -0.4 is 5.32 Å². The van der Waals surface area contributed by atoms with Gasteiger partial charge in [-0.1, -0.05) is 49.6 Å². The molecule has 3 N–H and O–H groups in total. The van der Waals surface area contributed by atoms with Crippen molar-refractivity contribution in [1.82, 2.24) is 5.32 Å². The number of nitrogens with one attached hydrogen (secondary N) is 1. The number of carbonyl (C=O) groups is 1. The van der Waals surface area contributed by atoms with E-state index >= 15 is 0 Å². The Hall–Kier alpha value is -2.49. The van der Waals surface area contributed by atoms with Crippen molar-refractivity contribution >= 4 is 5.91 Å². The molecule has 0 heterocycles. The van der Waals surface area contributed by atoms with Crippen LogP contribution in [0.1, 0.15) is 62.8 Å². The summed E-state index contributed by atoms with van der Waals surface area (Å²) < 4.78 is 0. The zero-order chi connectivity index (χ0) is 19.3. The lowest BCUT2D eigenvalue weighted by atomic mass is 9.90. The third-order valence-corrected chi connectivity index (χ3v) is 4.61. The fraction of sp³-hybridized carbons (Fsp3) is 0.409.